The van der Waals surface area contributed by atoms with Gasteiger partial charge in [-0.2, -0.15) is 0 Å². The van der Waals surface area contributed by atoms with Gasteiger partial charge in [0, 0.05) is 18.6 Å². The molecule has 0 aromatic carbocycles. The molecule has 4 N–H and O–H groups in total. The van der Waals surface area contributed by atoms with Crippen molar-refractivity contribution in [2.45, 2.75) is 58.5 Å². The van der Waals surface area contributed by atoms with Crippen LogP contribution in [-0.4, -0.2) is 31.1 Å². The molecule has 1 rings (SSSR count). The minimum atomic E-state index is -0.464. The van der Waals surface area contributed by atoms with E-state index in [1.54, 1.807) is 0 Å². The summed E-state index contributed by atoms with van der Waals surface area (Å²) in [6.07, 6.45) is 5.02. The summed E-state index contributed by atoms with van der Waals surface area (Å²) in [5.41, 5.74) is 4.89. The van der Waals surface area contributed by atoms with Crippen molar-refractivity contribution < 1.29 is 4.79 Å². The second-order valence-corrected chi connectivity index (χ2v) is 5.91. The van der Waals surface area contributed by atoms with Gasteiger partial charge in [0.05, 0.1) is 5.41 Å². The number of primary amides is 1. The molecule has 0 saturated carbocycles. The Labute approximate surface area is 105 Å². The fourth-order valence-electron chi connectivity index (χ4n) is 2.15. The van der Waals surface area contributed by atoms with Crippen LogP contribution in [0.1, 0.15) is 46.5 Å². The molecule has 1 aliphatic rings. The first-order valence-corrected chi connectivity index (χ1v) is 6.68. The molecule has 1 aliphatic heterocycles. The van der Waals surface area contributed by atoms with E-state index in [1.165, 1.54) is 19.3 Å². The van der Waals surface area contributed by atoms with Crippen molar-refractivity contribution in [3.05, 3.63) is 0 Å². The third-order valence-electron chi connectivity index (χ3n) is 3.61. The zero-order chi connectivity index (χ0) is 12.9. The van der Waals surface area contributed by atoms with Crippen molar-refractivity contribution in [1.29, 1.82) is 0 Å². The average molecular weight is 241 g/mol. The van der Waals surface area contributed by atoms with Crippen LogP contribution in [0.4, 0.5) is 0 Å². The molecule has 0 aliphatic carbocycles. The summed E-state index contributed by atoms with van der Waals surface area (Å²) >= 11 is 0. The first kappa shape index (κ1) is 14.5. The monoisotopic (exact) mass is 241 g/mol. The lowest BCUT2D eigenvalue weighted by Gasteiger charge is -2.29. The van der Waals surface area contributed by atoms with Gasteiger partial charge in [0.15, 0.2) is 0 Å². The van der Waals surface area contributed by atoms with Gasteiger partial charge in [-0.3, -0.25) is 4.79 Å². The Kier molecular flexibility index (Phi) is 5.40. The van der Waals surface area contributed by atoms with E-state index in [0.29, 0.717) is 18.6 Å². The molecule has 0 aromatic heterocycles. The molecule has 0 radical (unpaired) electrons. The summed E-state index contributed by atoms with van der Waals surface area (Å²) in [4.78, 5) is 11.2. The quantitative estimate of drug-likeness (QED) is 0.650. The standard InChI is InChI=1S/C13H27N3O/c1-10(8-11-6-4-5-7-15-11)16-9-13(2,3)12(14)17/h10-11,15-16H,4-9H2,1-3H3,(H2,14,17). The molecule has 1 saturated heterocycles. The second kappa shape index (κ2) is 6.36. The molecule has 0 bridgehead atoms. The molecule has 1 fully saturated rings. The molecule has 2 atom stereocenters. The van der Waals surface area contributed by atoms with Crippen molar-refractivity contribution >= 4 is 5.91 Å². The number of hydrogen-bond acceptors (Lipinski definition) is 3. The molecular weight excluding hydrogens is 214 g/mol. The van der Waals surface area contributed by atoms with Crippen LogP contribution >= 0.6 is 0 Å². The van der Waals surface area contributed by atoms with Gasteiger partial charge in [-0.1, -0.05) is 6.42 Å². The highest BCUT2D eigenvalue weighted by Gasteiger charge is 2.25. The smallest absolute Gasteiger partial charge is 0.224 e. The van der Waals surface area contributed by atoms with Gasteiger partial charge in [-0.05, 0) is 46.6 Å². The van der Waals surface area contributed by atoms with E-state index in [4.69, 9.17) is 5.73 Å². The number of hydrogen-bond donors (Lipinski definition) is 3. The number of piperidine rings is 1. The fourth-order valence-corrected chi connectivity index (χ4v) is 2.15. The number of nitrogens with two attached hydrogens (primary N) is 1. The summed E-state index contributed by atoms with van der Waals surface area (Å²) in [5, 5.41) is 6.95. The van der Waals surface area contributed by atoms with Crippen molar-refractivity contribution in [1.82, 2.24) is 10.6 Å². The van der Waals surface area contributed by atoms with Gasteiger partial charge in [0.25, 0.3) is 0 Å². The minimum absolute atomic E-state index is 0.243. The molecule has 2 unspecified atom stereocenters. The van der Waals surface area contributed by atoms with Gasteiger partial charge in [0.2, 0.25) is 5.91 Å². The van der Waals surface area contributed by atoms with Crippen LogP contribution in [0.15, 0.2) is 0 Å². The fraction of sp³-hybridized carbons (Fsp3) is 0.923. The second-order valence-electron chi connectivity index (χ2n) is 5.91. The highest BCUT2D eigenvalue weighted by atomic mass is 16.1. The summed E-state index contributed by atoms with van der Waals surface area (Å²) in [6.45, 7) is 7.73. The number of carbonyl (C=O) groups is 1. The maximum Gasteiger partial charge on any atom is 0.224 e. The maximum atomic E-state index is 11.2. The molecule has 0 aromatic rings. The lowest BCUT2D eigenvalue weighted by atomic mass is 9.92. The Morgan fingerprint density at radius 2 is 2.24 bits per heavy atom. The van der Waals surface area contributed by atoms with Gasteiger partial charge in [0.1, 0.15) is 0 Å². The van der Waals surface area contributed by atoms with Crippen LogP contribution in [0.3, 0.4) is 0 Å². The number of rotatable bonds is 6. The molecule has 4 nitrogen and oxygen atoms in total. The highest BCUT2D eigenvalue weighted by molar-refractivity contribution is 5.80. The van der Waals surface area contributed by atoms with Gasteiger partial charge < -0.3 is 16.4 Å². The maximum absolute atomic E-state index is 11.2. The highest BCUT2D eigenvalue weighted by Crippen LogP contribution is 2.15. The van der Waals surface area contributed by atoms with E-state index in [-0.39, 0.29) is 5.91 Å². The van der Waals surface area contributed by atoms with Crippen molar-refractivity contribution in [2.24, 2.45) is 11.1 Å². The minimum Gasteiger partial charge on any atom is -0.369 e. The third-order valence-corrected chi connectivity index (χ3v) is 3.61. The van der Waals surface area contributed by atoms with Crippen LogP contribution in [0.2, 0.25) is 0 Å². The van der Waals surface area contributed by atoms with Gasteiger partial charge >= 0.3 is 0 Å². The summed E-state index contributed by atoms with van der Waals surface area (Å²) < 4.78 is 0. The van der Waals surface area contributed by atoms with Crippen LogP contribution in [0, 0.1) is 5.41 Å². The molecular formula is C13H27N3O. The largest absolute Gasteiger partial charge is 0.369 e. The van der Waals surface area contributed by atoms with Crippen LogP contribution < -0.4 is 16.4 Å². The number of carbonyl (C=O) groups excluding carboxylic acids is 1. The Balaban J connectivity index is 2.24. The molecule has 1 amide bonds. The SMILES string of the molecule is CC(CC1CCCCN1)NCC(C)(C)C(N)=O. The Hall–Kier alpha value is -0.610. The molecule has 17 heavy (non-hydrogen) atoms. The topological polar surface area (TPSA) is 67.2 Å². The zero-order valence-electron chi connectivity index (χ0n) is 11.4. The predicted molar refractivity (Wildman–Crippen MR) is 70.7 cm³/mol. The lowest BCUT2D eigenvalue weighted by Crippen LogP contribution is -2.45. The average Bonchev–Trinajstić information content (AvgIpc) is 2.28. The Bertz CT molecular complexity index is 247. The lowest BCUT2D eigenvalue weighted by molar-refractivity contribution is -0.125. The van der Waals surface area contributed by atoms with Crippen LogP contribution in [-0.2, 0) is 4.79 Å². The first-order valence-electron chi connectivity index (χ1n) is 6.68. The van der Waals surface area contributed by atoms with Crippen LogP contribution in [0.25, 0.3) is 0 Å². The summed E-state index contributed by atoms with van der Waals surface area (Å²) in [6, 6.07) is 1.05. The van der Waals surface area contributed by atoms with Crippen molar-refractivity contribution in [3.63, 3.8) is 0 Å². The molecule has 0 spiro atoms. The van der Waals surface area contributed by atoms with Gasteiger partial charge in [-0.25, -0.2) is 0 Å². The number of amides is 1. The normalized spacial score (nSPS) is 23.4. The van der Waals surface area contributed by atoms with E-state index in [9.17, 15) is 4.79 Å². The summed E-state index contributed by atoms with van der Waals surface area (Å²) in [7, 11) is 0. The Morgan fingerprint density at radius 1 is 1.53 bits per heavy atom. The van der Waals surface area contributed by atoms with E-state index >= 15 is 0 Å². The first-order chi connectivity index (χ1) is 7.92. The van der Waals surface area contributed by atoms with Crippen molar-refractivity contribution in [3.8, 4) is 0 Å². The van der Waals surface area contributed by atoms with E-state index < -0.39 is 5.41 Å². The number of nitrogens with one attached hydrogen (secondary N) is 2. The molecule has 100 valence electrons. The van der Waals surface area contributed by atoms with E-state index in [2.05, 4.69) is 17.6 Å². The molecule has 4 heteroatoms. The third kappa shape index (κ3) is 5.04. The molecule has 1 heterocycles. The zero-order valence-corrected chi connectivity index (χ0v) is 11.4. The van der Waals surface area contributed by atoms with E-state index in [1.807, 2.05) is 13.8 Å². The van der Waals surface area contributed by atoms with Gasteiger partial charge in [-0.15, -0.1) is 0 Å². The summed E-state index contributed by atoms with van der Waals surface area (Å²) in [5.74, 6) is -0.243. The van der Waals surface area contributed by atoms with Crippen LogP contribution in [0.5, 0.6) is 0 Å². The predicted octanol–water partition coefficient (Wildman–Crippen LogP) is 1.01. The van der Waals surface area contributed by atoms with Crippen molar-refractivity contribution in [2.75, 3.05) is 13.1 Å². The van der Waals surface area contributed by atoms with E-state index in [0.717, 1.165) is 13.0 Å². The Morgan fingerprint density at radius 3 is 2.76 bits per heavy atom.